The molecule has 94 valence electrons. The highest BCUT2D eigenvalue weighted by Gasteiger charge is 2.11. The number of nitrogens with zero attached hydrogens (tertiary/aromatic N) is 1. The first-order chi connectivity index (χ1) is 9.24. The summed E-state index contributed by atoms with van der Waals surface area (Å²) in [5.41, 5.74) is 0.625. The first-order valence-electron chi connectivity index (χ1n) is 5.73. The van der Waals surface area contributed by atoms with Crippen molar-refractivity contribution in [2.75, 3.05) is 5.32 Å². The number of hydrogen-bond acceptors (Lipinski definition) is 2. The summed E-state index contributed by atoms with van der Waals surface area (Å²) in [7, 11) is 0. The standard InChI is InChI=1S/C14H10BrN3O/c15-10-7-9-3-1-2-4-11(9)12(8-10)14(19)17-13-5-6-16-18-13/h1-8H,(H2,16,17,18,19). The molecule has 5 heteroatoms. The lowest BCUT2D eigenvalue weighted by Crippen LogP contribution is -2.12. The number of hydrogen-bond donors (Lipinski definition) is 2. The Morgan fingerprint density at radius 2 is 2.05 bits per heavy atom. The minimum Gasteiger partial charge on any atom is -0.307 e. The van der Waals surface area contributed by atoms with E-state index in [0.717, 1.165) is 15.2 Å². The van der Waals surface area contributed by atoms with Crippen LogP contribution in [0.25, 0.3) is 10.8 Å². The number of H-pyrrole nitrogens is 1. The Hall–Kier alpha value is -2.14. The molecule has 3 aromatic rings. The molecule has 19 heavy (non-hydrogen) atoms. The fraction of sp³-hybridized carbons (Fsp3) is 0. The van der Waals surface area contributed by atoms with Crippen LogP contribution in [0, 0.1) is 0 Å². The SMILES string of the molecule is O=C(Nc1ccn[nH]1)c1cc(Br)cc2ccccc12. The Morgan fingerprint density at radius 1 is 1.21 bits per heavy atom. The highest BCUT2D eigenvalue weighted by molar-refractivity contribution is 9.10. The third-order valence-electron chi connectivity index (χ3n) is 2.82. The van der Waals surface area contributed by atoms with Crippen molar-refractivity contribution in [3.8, 4) is 0 Å². The van der Waals surface area contributed by atoms with Crippen LogP contribution in [-0.4, -0.2) is 16.1 Å². The van der Waals surface area contributed by atoms with Gasteiger partial charge in [0.15, 0.2) is 0 Å². The Bertz CT molecular complexity index is 738. The normalized spacial score (nSPS) is 10.6. The lowest BCUT2D eigenvalue weighted by molar-refractivity contribution is 0.102. The molecule has 0 aliphatic carbocycles. The van der Waals surface area contributed by atoms with Crippen LogP contribution < -0.4 is 5.32 Å². The van der Waals surface area contributed by atoms with E-state index in [1.165, 1.54) is 0 Å². The van der Waals surface area contributed by atoms with Gasteiger partial charge in [-0.2, -0.15) is 5.10 Å². The molecule has 3 rings (SSSR count). The summed E-state index contributed by atoms with van der Waals surface area (Å²) < 4.78 is 0.876. The number of rotatable bonds is 2. The average Bonchev–Trinajstić information content (AvgIpc) is 2.90. The molecule has 0 unspecified atom stereocenters. The van der Waals surface area contributed by atoms with E-state index in [9.17, 15) is 4.79 Å². The molecule has 0 bridgehead atoms. The summed E-state index contributed by atoms with van der Waals surface area (Å²) >= 11 is 3.43. The van der Waals surface area contributed by atoms with Crippen molar-refractivity contribution < 1.29 is 4.79 Å². The van der Waals surface area contributed by atoms with Gasteiger partial charge in [0, 0.05) is 16.1 Å². The number of anilines is 1. The first-order valence-corrected chi connectivity index (χ1v) is 6.52. The fourth-order valence-electron chi connectivity index (χ4n) is 1.98. The molecule has 1 heterocycles. The zero-order valence-corrected chi connectivity index (χ0v) is 11.4. The molecule has 0 saturated heterocycles. The number of nitrogens with one attached hydrogen (secondary N) is 2. The van der Waals surface area contributed by atoms with Crippen LogP contribution in [0.15, 0.2) is 53.1 Å². The number of aromatic nitrogens is 2. The second-order valence-electron chi connectivity index (χ2n) is 4.10. The summed E-state index contributed by atoms with van der Waals surface area (Å²) in [5.74, 6) is 0.413. The van der Waals surface area contributed by atoms with Crippen LogP contribution >= 0.6 is 15.9 Å². The molecule has 1 aromatic heterocycles. The van der Waals surface area contributed by atoms with Gasteiger partial charge >= 0.3 is 0 Å². The smallest absolute Gasteiger partial charge is 0.257 e. The van der Waals surface area contributed by atoms with Gasteiger partial charge in [0.25, 0.3) is 5.91 Å². The highest BCUT2D eigenvalue weighted by atomic mass is 79.9. The molecular formula is C14H10BrN3O. The number of carbonyl (C=O) groups is 1. The zero-order valence-electron chi connectivity index (χ0n) is 9.85. The quantitative estimate of drug-likeness (QED) is 0.759. The van der Waals surface area contributed by atoms with Crippen LogP contribution in [0.4, 0.5) is 5.82 Å². The van der Waals surface area contributed by atoms with E-state index in [-0.39, 0.29) is 5.91 Å². The molecule has 2 aromatic carbocycles. The molecule has 0 fully saturated rings. The van der Waals surface area contributed by atoms with E-state index >= 15 is 0 Å². The highest BCUT2D eigenvalue weighted by Crippen LogP contribution is 2.24. The van der Waals surface area contributed by atoms with E-state index in [1.54, 1.807) is 12.3 Å². The van der Waals surface area contributed by atoms with Crippen LogP contribution in [0.1, 0.15) is 10.4 Å². The average molecular weight is 316 g/mol. The van der Waals surface area contributed by atoms with Crippen molar-refractivity contribution in [3.05, 3.63) is 58.7 Å². The number of fused-ring (bicyclic) bond motifs is 1. The number of amides is 1. The largest absolute Gasteiger partial charge is 0.307 e. The third kappa shape index (κ3) is 2.37. The van der Waals surface area contributed by atoms with E-state index in [0.29, 0.717) is 11.4 Å². The van der Waals surface area contributed by atoms with Gasteiger partial charge in [-0.1, -0.05) is 40.2 Å². The molecule has 0 radical (unpaired) electrons. The Balaban J connectivity index is 2.06. The van der Waals surface area contributed by atoms with Crippen LogP contribution in [0.3, 0.4) is 0 Å². The van der Waals surface area contributed by atoms with Gasteiger partial charge in [-0.15, -0.1) is 0 Å². The van der Waals surface area contributed by atoms with Gasteiger partial charge < -0.3 is 5.32 Å². The molecular weight excluding hydrogens is 306 g/mol. The van der Waals surface area contributed by atoms with Crippen molar-refractivity contribution in [2.24, 2.45) is 0 Å². The molecule has 4 nitrogen and oxygen atoms in total. The predicted octanol–water partition coefficient (Wildman–Crippen LogP) is 3.58. The van der Waals surface area contributed by atoms with Gasteiger partial charge in [0.2, 0.25) is 0 Å². The fourth-order valence-corrected chi connectivity index (χ4v) is 2.45. The van der Waals surface area contributed by atoms with E-state index in [1.807, 2.05) is 36.4 Å². The van der Waals surface area contributed by atoms with Gasteiger partial charge in [-0.25, -0.2) is 0 Å². The van der Waals surface area contributed by atoms with E-state index in [2.05, 4.69) is 31.4 Å². The van der Waals surface area contributed by atoms with Gasteiger partial charge in [0.1, 0.15) is 5.82 Å². The molecule has 0 spiro atoms. The van der Waals surface area contributed by atoms with Crippen molar-refractivity contribution in [2.45, 2.75) is 0 Å². The Kier molecular flexibility index (Phi) is 3.05. The maximum Gasteiger partial charge on any atom is 0.257 e. The van der Waals surface area contributed by atoms with Crippen LogP contribution in [0.2, 0.25) is 0 Å². The number of carbonyl (C=O) groups excluding carboxylic acids is 1. The van der Waals surface area contributed by atoms with E-state index < -0.39 is 0 Å². The van der Waals surface area contributed by atoms with Gasteiger partial charge in [-0.3, -0.25) is 9.89 Å². The van der Waals surface area contributed by atoms with Crippen molar-refractivity contribution in [1.29, 1.82) is 0 Å². The second-order valence-corrected chi connectivity index (χ2v) is 5.01. The third-order valence-corrected chi connectivity index (χ3v) is 3.28. The minimum absolute atomic E-state index is 0.165. The molecule has 0 aliphatic rings. The van der Waals surface area contributed by atoms with E-state index in [4.69, 9.17) is 0 Å². The topological polar surface area (TPSA) is 57.8 Å². The second kappa shape index (κ2) is 4.85. The summed E-state index contributed by atoms with van der Waals surface area (Å²) in [4.78, 5) is 12.3. The summed E-state index contributed by atoms with van der Waals surface area (Å²) in [6.45, 7) is 0. The maximum atomic E-state index is 12.3. The lowest BCUT2D eigenvalue weighted by Gasteiger charge is -2.07. The monoisotopic (exact) mass is 315 g/mol. The van der Waals surface area contributed by atoms with Gasteiger partial charge in [0.05, 0.1) is 6.20 Å². The van der Waals surface area contributed by atoms with Crippen LogP contribution in [0.5, 0.6) is 0 Å². The molecule has 2 N–H and O–H groups in total. The molecule has 0 aliphatic heterocycles. The van der Waals surface area contributed by atoms with Crippen LogP contribution in [-0.2, 0) is 0 Å². The molecule has 0 saturated carbocycles. The zero-order chi connectivity index (χ0) is 13.2. The number of benzene rings is 2. The van der Waals surface area contributed by atoms with Crippen molar-refractivity contribution in [3.63, 3.8) is 0 Å². The minimum atomic E-state index is -0.165. The summed E-state index contributed by atoms with van der Waals surface area (Å²) in [6.07, 6.45) is 1.59. The maximum absolute atomic E-state index is 12.3. The Labute approximate surface area is 118 Å². The molecule has 0 atom stereocenters. The van der Waals surface area contributed by atoms with Crippen molar-refractivity contribution >= 4 is 38.4 Å². The number of halogens is 1. The predicted molar refractivity (Wildman–Crippen MR) is 78.2 cm³/mol. The summed E-state index contributed by atoms with van der Waals surface area (Å²) in [5, 5.41) is 11.2. The molecule has 1 amide bonds. The van der Waals surface area contributed by atoms with Gasteiger partial charge in [-0.05, 0) is 22.9 Å². The lowest BCUT2D eigenvalue weighted by atomic mass is 10.0. The number of aromatic amines is 1. The van der Waals surface area contributed by atoms with Crippen molar-refractivity contribution in [1.82, 2.24) is 10.2 Å². The Morgan fingerprint density at radius 3 is 2.84 bits per heavy atom. The summed E-state index contributed by atoms with van der Waals surface area (Å²) in [6, 6.07) is 13.3. The first kappa shape index (κ1) is 11.9.